The lowest BCUT2D eigenvalue weighted by Crippen LogP contribution is -2.36. The molecule has 2 rings (SSSR count). The zero-order valence-electron chi connectivity index (χ0n) is 12.3. The Labute approximate surface area is 150 Å². The molecular formula is C13H20IN5S2. The van der Waals surface area contributed by atoms with Crippen LogP contribution in [0.25, 0.3) is 0 Å². The van der Waals surface area contributed by atoms with Gasteiger partial charge in [0, 0.05) is 29.2 Å². The average molecular weight is 437 g/mol. The van der Waals surface area contributed by atoms with Crippen molar-refractivity contribution in [2.75, 3.05) is 7.05 Å². The molecule has 0 aliphatic rings. The second-order valence-corrected chi connectivity index (χ2v) is 6.72. The fourth-order valence-electron chi connectivity index (χ4n) is 1.63. The molecule has 0 saturated heterocycles. The standard InChI is InChI=1S/C13H19N5S2.HI/c1-4-10-5-16-12(20-10)8-18-13(14-3)17-7-11-6-15-9(2)19-11;/h5-6H,4,7-8H2,1-3H3,(H2,14,17,18);1H. The summed E-state index contributed by atoms with van der Waals surface area (Å²) in [7, 11) is 1.77. The molecule has 0 bridgehead atoms. The maximum Gasteiger partial charge on any atom is 0.191 e. The second kappa shape index (κ2) is 9.31. The predicted octanol–water partition coefficient (Wildman–Crippen LogP) is 2.95. The molecule has 2 aromatic heterocycles. The molecule has 21 heavy (non-hydrogen) atoms. The van der Waals surface area contributed by atoms with Gasteiger partial charge in [0.2, 0.25) is 0 Å². The van der Waals surface area contributed by atoms with Crippen LogP contribution < -0.4 is 10.6 Å². The van der Waals surface area contributed by atoms with Gasteiger partial charge in [-0.2, -0.15) is 0 Å². The van der Waals surface area contributed by atoms with Gasteiger partial charge in [0.15, 0.2) is 5.96 Å². The highest BCUT2D eigenvalue weighted by molar-refractivity contribution is 14.0. The molecule has 2 aromatic rings. The highest BCUT2D eigenvalue weighted by atomic mass is 127. The van der Waals surface area contributed by atoms with Crippen LogP contribution in [0.2, 0.25) is 0 Å². The number of nitrogens with one attached hydrogen (secondary N) is 2. The second-order valence-electron chi connectivity index (χ2n) is 4.20. The lowest BCUT2D eigenvalue weighted by atomic mass is 10.4. The lowest BCUT2D eigenvalue weighted by molar-refractivity contribution is 0.810. The SMILES string of the molecule is CCc1cnc(CNC(=NC)NCc2cnc(C)s2)s1.I. The van der Waals surface area contributed by atoms with Gasteiger partial charge in [0.1, 0.15) is 5.01 Å². The first kappa shape index (κ1) is 18.3. The van der Waals surface area contributed by atoms with Crippen molar-refractivity contribution in [1.29, 1.82) is 0 Å². The third kappa shape index (κ3) is 5.87. The fraction of sp³-hybridized carbons (Fsp3) is 0.462. The number of nitrogens with zero attached hydrogens (tertiary/aromatic N) is 3. The molecule has 0 aromatic carbocycles. The van der Waals surface area contributed by atoms with Gasteiger partial charge in [0.25, 0.3) is 0 Å². The number of aromatic nitrogens is 2. The number of rotatable bonds is 5. The highest BCUT2D eigenvalue weighted by Gasteiger charge is 2.03. The number of hydrogen-bond donors (Lipinski definition) is 2. The van der Waals surface area contributed by atoms with E-state index in [1.165, 1.54) is 9.75 Å². The fourth-order valence-corrected chi connectivity index (χ4v) is 3.17. The molecule has 0 unspecified atom stereocenters. The highest BCUT2D eigenvalue weighted by Crippen LogP contribution is 2.13. The molecule has 8 heteroatoms. The van der Waals surface area contributed by atoms with Gasteiger partial charge in [-0.25, -0.2) is 9.97 Å². The van der Waals surface area contributed by atoms with E-state index >= 15 is 0 Å². The molecule has 0 atom stereocenters. The molecule has 0 spiro atoms. The van der Waals surface area contributed by atoms with Gasteiger partial charge >= 0.3 is 0 Å². The third-order valence-corrected chi connectivity index (χ3v) is 4.73. The molecule has 0 aliphatic heterocycles. The van der Waals surface area contributed by atoms with E-state index in [4.69, 9.17) is 0 Å². The minimum absolute atomic E-state index is 0. The third-order valence-electron chi connectivity index (χ3n) is 2.68. The molecule has 2 N–H and O–H groups in total. The van der Waals surface area contributed by atoms with Gasteiger partial charge in [-0.1, -0.05) is 6.92 Å². The first-order valence-corrected chi connectivity index (χ1v) is 8.14. The number of hydrogen-bond acceptors (Lipinski definition) is 5. The molecule has 0 saturated carbocycles. The summed E-state index contributed by atoms with van der Waals surface area (Å²) in [6.07, 6.45) is 4.88. The Morgan fingerprint density at radius 1 is 1.14 bits per heavy atom. The van der Waals surface area contributed by atoms with Gasteiger partial charge in [-0.3, -0.25) is 4.99 Å². The first-order chi connectivity index (χ1) is 9.71. The zero-order valence-corrected chi connectivity index (χ0v) is 16.3. The minimum atomic E-state index is 0. The van der Waals surface area contributed by atoms with Gasteiger partial charge in [-0.05, 0) is 13.3 Å². The van der Waals surface area contributed by atoms with Gasteiger partial charge in [0.05, 0.1) is 18.1 Å². The number of aryl methyl sites for hydroxylation is 2. The maximum atomic E-state index is 4.38. The normalized spacial score (nSPS) is 11.1. The van der Waals surface area contributed by atoms with E-state index in [0.29, 0.717) is 6.54 Å². The lowest BCUT2D eigenvalue weighted by Gasteiger charge is -2.09. The van der Waals surface area contributed by atoms with Crippen molar-refractivity contribution in [3.63, 3.8) is 0 Å². The van der Waals surface area contributed by atoms with E-state index in [2.05, 4.69) is 32.5 Å². The number of aliphatic imine (C=N–C) groups is 1. The van der Waals surface area contributed by atoms with E-state index in [1.807, 2.05) is 19.3 Å². The van der Waals surface area contributed by atoms with Crippen LogP contribution in [0.15, 0.2) is 17.4 Å². The summed E-state index contributed by atoms with van der Waals surface area (Å²) in [5.74, 6) is 0.782. The van der Waals surface area contributed by atoms with Crippen LogP contribution in [0, 0.1) is 6.92 Å². The van der Waals surface area contributed by atoms with Crippen molar-refractivity contribution in [2.24, 2.45) is 4.99 Å². The number of thiazole rings is 2. The van der Waals surface area contributed by atoms with E-state index in [9.17, 15) is 0 Å². The Hall–Kier alpha value is -0.740. The van der Waals surface area contributed by atoms with Gasteiger partial charge in [-0.15, -0.1) is 46.7 Å². The average Bonchev–Trinajstić information content (AvgIpc) is 3.08. The molecule has 0 radical (unpaired) electrons. The Kier molecular flexibility index (Phi) is 8.12. The quantitative estimate of drug-likeness (QED) is 0.429. The Morgan fingerprint density at radius 2 is 1.86 bits per heavy atom. The van der Waals surface area contributed by atoms with Crippen LogP contribution in [-0.4, -0.2) is 23.0 Å². The Bertz CT molecular complexity index is 579. The molecule has 0 amide bonds. The van der Waals surface area contributed by atoms with Crippen LogP contribution >= 0.6 is 46.7 Å². The van der Waals surface area contributed by atoms with Crippen molar-refractivity contribution < 1.29 is 0 Å². The molecule has 0 fully saturated rings. The molecule has 0 aliphatic carbocycles. The molecule has 116 valence electrons. The van der Waals surface area contributed by atoms with Crippen LogP contribution in [0.3, 0.4) is 0 Å². The van der Waals surface area contributed by atoms with Crippen LogP contribution in [0.4, 0.5) is 0 Å². The summed E-state index contributed by atoms with van der Waals surface area (Å²) in [4.78, 5) is 15.3. The van der Waals surface area contributed by atoms with Crippen molar-refractivity contribution in [1.82, 2.24) is 20.6 Å². The molecule has 5 nitrogen and oxygen atoms in total. The van der Waals surface area contributed by atoms with Crippen LogP contribution in [0.1, 0.15) is 26.7 Å². The summed E-state index contributed by atoms with van der Waals surface area (Å²) in [5, 5.41) is 8.71. The van der Waals surface area contributed by atoms with Crippen molar-refractivity contribution >= 4 is 52.6 Å². The first-order valence-electron chi connectivity index (χ1n) is 6.50. The van der Waals surface area contributed by atoms with E-state index in [0.717, 1.165) is 28.9 Å². The summed E-state index contributed by atoms with van der Waals surface area (Å²) in [5.41, 5.74) is 0. The monoisotopic (exact) mass is 437 g/mol. The minimum Gasteiger partial charge on any atom is -0.351 e. The summed E-state index contributed by atoms with van der Waals surface area (Å²) < 4.78 is 0. The van der Waals surface area contributed by atoms with Crippen molar-refractivity contribution in [3.8, 4) is 0 Å². The topological polar surface area (TPSA) is 62.2 Å². The smallest absolute Gasteiger partial charge is 0.191 e. The Morgan fingerprint density at radius 3 is 2.43 bits per heavy atom. The van der Waals surface area contributed by atoms with Crippen molar-refractivity contribution in [2.45, 2.75) is 33.4 Å². The summed E-state index contributed by atoms with van der Waals surface area (Å²) in [6.45, 7) is 5.59. The van der Waals surface area contributed by atoms with E-state index in [1.54, 1.807) is 29.7 Å². The summed E-state index contributed by atoms with van der Waals surface area (Å²) in [6, 6.07) is 0. The van der Waals surface area contributed by atoms with E-state index in [-0.39, 0.29) is 24.0 Å². The largest absolute Gasteiger partial charge is 0.351 e. The van der Waals surface area contributed by atoms with E-state index < -0.39 is 0 Å². The predicted molar refractivity (Wildman–Crippen MR) is 101 cm³/mol. The number of guanidine groups is 1. The van der Waals surface area contributed by atoms with Gasteiger partial charge < -0.3 is 10.6 Å². The maximum absolute atomic E-state index is 4.38. The van der Waals surface area contributed by atoms with Crippen LogP contribution in [-0.2, 0) is 19.5 Å². The number of halogens is 1. The van der Waals surface area contributed by atoms with Crippen molar-refractivity contribution in [3.05, 3.63) is 32.2 Å². The van der Waals surface area contributed by atoms with Crippen LogP contribution in [0.5, 0.6) is 0 Å². The Balaban J connectivity index is 0.00000220. The summed E-state index contributed by atoms with van der Waals surface area (Å²) >= 11 is 3.43. The molecule has 2 heterocycles. The zero-order chi connectivity index (χ0) is 14.4. The molecular weight excluding hydrogens is 417 g/mol.